The van der Waals surface area contributed by atoms with Gasteiger partial charge < -0.3 is 16.4 Å². The topological polar surface area (TPSA) is 97.1 Å². The first-order chi connectivity index (χ1) is 11.1. The van der Waals surface area contributed by atoms with Crippen LogP contribution >= 0.6 is 11.5 Å². The van der Waals surface area contributed by atoms with Crippen LogP contribution in [-0.4, -0.2) is 22.7 Å². The monoisotopic (exact) mass is 330 g/mol. The zero-order chi connectivity index (χ0) is 16.2. The Hall–Kier alpha value is -2.41. The lowest BCUT2D eigenvalue weighted by molar-refractivity contribution is 0.0947. The van der Waals surface area contributed by atoms with Gasteiger partial charge in [0, 0.05) is 13.1 Å². The summed E-state index contributed by atoms with van der Waals surface area (Å²) in [6.45, 7) is 1.05. The zero-order valence-corrected chi connectivity index (χ0v) is 13.4. The molecule has 7 heteroatoms. The van der Waals surface area contributed by atoms with Crippen LogP contribution in [0.25, 0.3) is 0 Å². The highest BCUT2D eigenvalue weighted by Crippen LogP contribution is 2.28. The molecule has 2 aromatic rings. The smallest absolute Gasteiger partial charge is 0.273 e. The number of amides is 2. The molecule has 3 rings (SSSR count). The number of nitrogens with zero attached hydrogens (tertiary/aromatic N) is 1. The molecular formula is C16H18N4O2S. The standard InChI is InChI=1S/C16H18N4O2S/c17-12-13(15(21)18-8-10-4-2-1-3-5-10)20-23-14(12)16(22)19-9-11-6-7-11/h1-5,11H,6-9,17H2,(H,18,21)(H,19,22). The van der Waals surface area contributed by atoms with E-state index in [1.54, 1.807) is 0 Å². The largest absolute Gasteiger partial charge is 0.395 e. The predicted molar refractivity (Wildman–Crippen MR) is 89.2 cm³/mol. The van der Waals surface area contributed by atoms with Gasteiger partial charge in [-0.05, 0) is 35.9 Å². The van der Waals surface area contributed by atoms with Gasteiger partial charge in [-0.1, -0.05) is 30.3 Å². The predicted octanol–water partition coefficient (Wildman–Crippen LogP) is 1.80. The highest BCUT2D eigenvalue weighted by molar-refractivity contribution is 7.09. The minimum absolute atomic E-state index is 0.113. The van der Waals surface area contributed by atoms with Gasteiger partial charge in [0.25, 0.3) is 11.8 Å². The molecular weight excluding hydrogens is 312 g/mol. The van der Waals surface area contributed by atoms with Crippen molar-refractivity contribution >= 4 is 29.0 Å². The second kappa shape index (κ2) is 6.78. The molecule has 23 heavy (non-hydrogen) atoms. The molecule has 0 bridgehead atoms. The summed E-state index contributed by atoms with van der Waals surface area (Å²) in [4.78, 5) is 24.5. The Morgan fingerprint density at radius 3 is 2.61 bits per heavy atom. The molecule has 0 saturated heterocycles. The van der Waals surface area contributed by atoms with Crippen LogP contribution in [0.3, 0.4) is 0 Å². The van der Waals surface area contributed by atoms with Crippen LogP contribution in [0.2, 0.25) is 0 Å². The Morgan fingerprint density at radius 2 is 1.91 bits per heavy atom. The number of hydrogen-bond donors (Lipinski definition) is 3. The van der Waals surface area contributed by atoms with Crippen molar-refractivity contribution in [2.45, 2.75) is 19.4 Å². The minimum Gasteiger partial charge on any atom is -0.395 e. The van der Waals surface area contributed by atoms with E-state index in [2.05, 4.69) is 15.0 Å². The van der Waals surface area contributed by atoms with E-state index in [9.17, 15) is 9.59 Å². The first-order valence-corrected chi connectivity index (χ1v) is 8.28. The lowest BCUT2D eigenvalue weighted by Gasteiger charge is -2.05. The third-order valence-electron chi connectivity index (χ3n) is 3.69. The zero-order valence-electron chi connectivity index (χ0n) is 12.5. The van der Waals surface area contributed by atoms with Gasteiger partial charge >= 0.3 is 0 Å². The van der Waals surface area contributed by atoms with E-state index in [0.717, 1.165) is 29.9 Å². The van der Waals surface area contributed by atoms with E-state index >= 15 is 0 Å². The summed E-state index contributed by atoms with van der Waals surface area (Å²) in [5.41, 5.74) is 7.17. The Labute approximate surface area is 138 Å². The second-order valence-electron chi connectivity index (χ2n) is 5.60. The number of hydrogen-bond acceptors (Lipinski definition) is 5. The van der Waals surface area contributed by atoms with Gasteiger partial charge in [-0.2, -0.15) is 4.37 Å². The highest BCUT2D eigenvalue weighted by Gasteiger charge is 2.25. The number of carbonyl (C=O) groups excluding carboxylic acids is 2. The summed E-state index contributed by atoms with van der Waals surface area (Å²) in [7, 11) is 0. The third-order valence-corrected chi connectivity index (χ3v) is 4.56. The van der Waals surface area contributed by atoms with Crippen LogP contribution in [0.1, 0.15) is 38.6 Å². The van der Waals surface area contributed by atoms with E-state index < -0.39 is 0 Å². The summed E-state index contributed by atoms with van der Waals surface area (Å²) in [5, 5.41) is 5.59. The number of nitrogens with two attached hydrogens (primary N) is 1. The molecule has 1 aromatic heterocycles. The average molecular weight is 330 g/mol. The van der Waals surface area contributed by atoms with Crippen molar-refractivity contribution in [3.8, 4) is 0 Å². The molecule has 1 aliphatic rings. The SMILES string of the molecule is Nc1c(C(=O)NCc2ccccc2)nsc1C(=O)NCC1CC1. The minimum atomic E-state index is -0.371. The number of benzene rings is 1. The first kappa shape index (κ1) is 15.5. The Kier molecular flexibility index (Phi) is 4.57. The molecule has 0 atom stereocenters. The van der Waals surface area contributed by atoms with Crippen LogP contribution in [0.15, 0.2) is 30.3 Å². The van der Waals surface area contributed by atoms with Gasteiger partial charge in [0.2, 0.25) is 0 Å². The summed E-state index contributed by atoms with van der Waals surface area (Å²) in [6.07, 6.45) is 2.32. The van der Waals surface area contributed by atoms with Crippen molar-refractivity contribution in [1.82, 2.24) is 15.0 Å². The van der Waals surface area contributed by atoms with E-state index in [0.29, 0.717) is 23.9 Å². The Bertz CT molecular complexity index is 710. The Morgan fingerprint density at radius 1 is 1.17 bits per heavy atom. The molecule has 0 radical (unpaired) electrons. The van der Waals surface area contributed by atoms with Crippen LogP contribution < -0.4 is 16.4 Å². The molecule has 1 aliphatic carbocycles. The van der Waals surface area contributed by atoms with Crippen LogP contribution in [0, 0.1) is 5.92 Å². The van der Waals surface area contributed by atoms with Crippen LogP contribution in [0.4, 0.5) is 5.69 Å². The summed E-state index contributed by atoms with van der Waals surface area (Å²) in [5.74, 6) is -0.0420. The van der Waals surface area contributed by atoms with Crippen molar-refractivity contribution < 1.29 is 9.59 Å². The number of rotatable bonds is 6. The second-order valence-corrected chi connectivity index (χ2v) is 6.37. The van der Waals surface area contributed by atoms with Crippen molar-refractivity contribution in [3.63, 3.8) is 0 Å². The van der Waals surface area contributed by atoms with E-state index in [1.165, 1.54) is 0 Å². The summed E-state index contributed by atoms with van der Waals surface area (Å²) >= 11 is 0.958. The van der Waals surface area contributed by atoms with E-state index in [4.69, 9.17) is 5.73 Å². The quantitative estimate of drug-likeness (QED) is 0.752. The van der Waals surface area contributed by atoms with Crippen molar-refractivity contribution in [2.75, 3.05) is 12.3 Å². The van der Waals surface area contributed by atoms with Gasteiger partial charge in [-0.15, -0.1) is 0 Å². The molecule has 120 valence electrons. The lowest BCUT2D eigenvalue weighted by atomic mass is 10.2. The maximum atomic E-state index is 12.2. The number of carbonyl (C=O) groups is 2. The molecule has 1 aromatic carbocycles. The number of nitrogen functional groups attached to an aromatic ring is 1. The maximum absolute atomic E-state index is 12.2. The number of aromatic nitrogens is 1. The summed E-state index contributed by atoms with van der Waals surface area (Å²) < 4.78 is 4.04. The normalized spacial score (nSPS) is 13.6. The van der Waals surface area contributed by atoms with Gasteiger partial charge in [0.15, 0.2) is 5.69 Å². The van der Waals surface area contributed by atoms with Gasteiger partial charge in [0.1, 0.15) is 4.88 Å². The summed E-state index contributed by atoms with van der Waals surface area (Å²) in [6, 6.07) is 9.56. The third kappa shape index (κ3) is 3.87. The first-order valence-electron chi connectivity index (χ1n) is 7.50. The van der Waals surface area contributed by atoms with Gasteiger partial charge in [-0.25, -0.2) is 0 Å². The molecule has 0 aliphatic heterocycles. The van der Waals surface area contributed by atoms with E-state index in [1.807, 2.05) is 30.3 Å². The number of nitrogens with one attached hydrogen (secondary N) is 2. The average Bonchev–Trinajstić information content (AvgIpc) is 3.32. The van der Waals surface area contributed by atoms with Crippen molar-refractivity contribution in [1.29, 1.82) is 0 Å². The maximum Gasteiger partial charge on any atom is 0.273 e. The lowest BCUT2D eigenvalue weighted by Crippen LogP contribution is -2.26. The fourth-order valence-corrected chi connectivity index (χ4v) is 2.84. The van der Waals surface area contributed by atoms with Crippen LogP contribution in [0.5, 0.6) is 0 Å². The highest BCUT2D eigenvalue weighted by atomic mass is 32.1. The molecule has 0 spiro atoms. The molecule has 2 amide bonds. The van der Waals surface area contributed by atoms with Crippen molar-refractivity contribution in [2.24, 2.45) is 5.92 Å². The molecule has 4 N–H and O–H groups in total. The fourth-order valence-electron chi connectivity index (χ4n) is 2.13. The van der Waals surface area contributed by atoms with Gasteiger partial charge in [-0.3, -0.25) is 9.59 Å². The molecule has 1 heterocycles. The fraction of sp³-hybridized carbons (Fsp3) is 0.312. The molecule has 0 unspecified atom stereocenters. The molecule has 1 saturated carbocycles. The van der Waals surface area contributed by atoms with Gasteiger partial charge in [0.05, 0.1) is 5.69 Å². The van der Waals surface area contributed by atoms with Crippen molar-refractivity contribution in [3.05, 3.63) is 46.5 Å². The van der Waals surface area contributed by atoms with Crippen LogP contribution in [-0.2, 0) is 6.54 Å². The number of anilines is 1. The Balaban J connectivity index is 1.60. The molecule has 6 nitrogen and oxygen atoms in total. The van der Waals surface area contributed by atoms with E-state index in [-0.39, 0.29) is 23.2 Å². The molecule has 1 fully saturated rings.